The van der Waals surface area contributed by atoms with Gasteiger partial charge in [-0.05, 0) is 37.6 Å². The van der Waals surface area contributed by atoms with Crippen molar-refractivity contribution in [2.24, 2.45) is 0 Å². The van der Waals surface area contributed by atoms with E-state index in [-0.39, 0.29) is 5.56 Å². The van der Waals surface area contributed by atoms with Crippen molar-refractivity contribution < 1.29 is 14.6 Å². The Kier molecular flexibility index (Phi) is 4.62. The van der Waals surface area contributed by atoms with E-state index in [0.717, 1.165) is 16.3 Å². The molecule has 0 fully saturated rings. The molecule has 0 bridgehead atoms. The molecule has 0 saturated heterocycles. The topological polar surface area (TPSA) is 59.4 Å². The van der Waals surface area contributed by atoms with E-state index in [2.05, 4.69) is 37.0 Å². The number of rotatable bonds is 5. The van der Waals surface area contributed by atoms with Crippen LogP contribution in [0.5, 0.6) is 5.75 Å². The lowest BCUT2D eigenvalue weighted by atomic mass is 10.0. The number of aromatic nitrogens is 1. The molecular weight excluding hydrogens is 322 g/mol. The summed E-state index contributed by atoms with van der Waals surface area (Å²) >= 11 is 1.53. The summed E-state index contributed by atoms with van der Waals surface area (Å²) in [5.74, 6) is -0.440. The molecule has 0 aliphatic carbocycles. The maximum atomic E-state index is 11.0. The molecule has 3 aromatic rings. The van der Waals surface area contributed by atoms with Gasteiger partial charge in [-0.1, -0.05) is 29.8 Å². The van der Waals surface area contributed by atoms with Crippen LogP contribution in [0, 0.1) is 13.8 Å². The minimum atomic E-state index is -0.966. The number of carboxylic acid groups (broad SMARTS) is 1. The predicted molar refractivity (Wildman–Crippen MR) is 94.8 cm³/mol. The summed E-state index contributed by atoms with van der Waals surface area (Å²) in [5, 5.41) is 11.9. The van der Waals surface area contributed by atoms with E-state index in [4.69, 9.17) is 9.84 Å². The first-order chi connectivity index (χ1) is 11.5. The van der Waals surface area contributed by atoms with Crippen LogP contribution in [0.3, 0.4) is 0 Å². The third kappa shape index (κ3) is 3.63. The van der Waals surface area contributed by atoms with Crippen molar-refractivity contribution in [2.45, 2.75) is 20.5 Å². The van der Waals surface area contributed by atoms with Gasteiger partial charge in [-0.15, -0.1) is 11.3 Å². The summed E-state index contributed by atoms with van der Waals surface area (Å²) in [6.45, 7) is 4.47. The Morgan fingerprint density at radius 3 is 2.79 bits per heavy atom. The van der Waals surface area contributed by atoms with E-state index < -0.39 is 5.97 Å². The molecule has 0 saturated carbocycles. The minimum Gasteiger partial charge on any atom is -0.486 e. The molecule has 122 valence electrons. The van der Waals surface area contributed by atoms with Gasteiger partial charge in [-0.3, -0.25) is 0 Å². The molecule has 0 aliphatic rings. The molecule has 0 aliphatic heterocycles. The summed E-state index contributed by atoms with van der Waals surface area (Å²) < 4.78 is 5.67. The number of carboxylic acids is 1. The largest absolute Gasteiger partial charge is 0.486 e. The highest BCUT2D eigenvalue weighted by molar-refractivity contribution is 7.09. The smallest absolute Gasteiger partial charge is 0.335 e. The molecule has 0 unspecified atom stereocenters. The van der Waals surface area contributed by atoms with Crippen LogP contribution in [-0.4, -0.2) is 16.1 Å². The Morgan fingerprint density at radius 2 is 2.04 bits per heavy atom. The van der Waals surface area contributed by atoms with Gasteiger partial charge in [-0.25, -0.2) is 9.78 Å². The van der Waals surface area contributed by atoms with Crippen LogP contribution in [0.2, 0.25) is 0 Å². The predicted octanol–water partition coefficient (Wildman–Crippen LogP) is 4.70. The summed E-state index contributed by atoms with van der Waals surface area (Å²) in [4.78, 5) is 15.6. The molecule has 24 heavy (non-hydrogen) atoms. The summed E-state index contributed by atoms with van der Waals surface area (Å²) in [7, 11) is 0. The Labute approximate surface area is 144 Å². The zero-order valence-electron chi connectivity index (χ0n) is 13.4. The maximum Gasteiger partial charge on any atom is 0.335 e. The third-order valence-corrected chi connectivity index (χ3v) is 4.48. The van der Waals surface area contributed by atoms with Crippen molar-refractivity contribution in [3.63, 3.8) is 0 Å². The Morgan fingerprint density at radius 1 is 1.21 bits per heavy atom. The highest BCUT2D eigenvalue weighted by Gasteiger charge is 2.09. The van der Waals surface area contributed by atoms with Gasteiger partial charge >= 0.3 is 5.97 Å². The number of aromatic carboxylic acids is 1. The number of ether oxygens (including phenoxy) is 1. The zero-order valence-corrected chi connectivity index (χ0v) is 14.3. The molecule has 0 atom stereocenters. The van der Waals surface area contributed by atoms with E-state index in [1.54, 1.807) is 12.1 Å². The first kappa shape index (κ1) is 16.2. The first-order valence-electron chi connectivity index (χ1n) is 7.51. The first-order valence-corrected chi connectivity index (χ1v) is 8.39. The number of hydrogen-bond acceptors (Lipinski definition) is 4. The second-order valence-corrected chi connectivity index (χ2v) is 6.51. The van der Waals surface area contributed by atoms with Gasteiger partial charge in [0.1, 0.15) is 17.4 Å². The molecule has 2 aromatic carbocycles. The van der Waals surface area contributed by atoms with Gasteiger partial charge in [0.05, 0.1) is 11.3 Å². The standard InChI is InChI=1S/C19H17NO3S/c1-12-6-7-16(13(2)8-12)17-11-24-18(20-17)10-23-15-5-3-4-14(9-15)19(21)22/h3-9,11H,10H2,1-2H3,(H,21,22). The number of nitrogens with zero attached hydrogens (tertiary/aromatic N) is 1. The molecule has 1 N–H and O–H groups in total. The summed E-state index contributed by atoms with van der Waals surface area (Å²) in [5.41, 5.74) is 4.70. The molecule has 0 spiro atoms. The van der Waals surface area contributed by atoms with E-state index in [1.165, 1.54) is 34.6 Å². The summed E-state index contributed by atoms with van der Waals surface area (Å²) in [6.07, 6.45) is 0. The van der Waals surface area contributed by atoms with Gasteiger partial charge in [0.15, 0.2) is 0 Å². The van der Waals surface area contributed by atoms with Gasteiger partial charge in [-0.2, -0.15) is 0 Å². The molecular formula is C19H17NO3S. The second kappa shape index (κ2) is 6.84. The molecule has 3 rings (SSSR count). The van der Waals surface area contributed by atoms with E-state index in [0.29, 0.717) is 12.4 Å². The molecule has 1 heterocycles. The fraction of sp³-hybridized carbons (Fsp3) is 0.158. The molecule has 0 radical (unpaired) electrons. The number of benzene rings is 2. The normalized spacial score (nSPS) is 10.6. The fourth-order valence-electron chi connectivity index (χ4n) is 2.47. The van der Waals surface area contributed by atoms with Crippen molar-refractivity contribution >= 4 is 17.3 Å². The number of carbonyl (C=O) groups is 1. The molecule has 0 amide bonds. The van der Waals surface area contributed by atoms with E-state index in [1.807, 2.05) is 5.38 Å². The van der Waals surface area contributed by atoms with Crippen LogP contribution < -0.4 is 4.74 Å². The molecule has 1 aromatic heterocycles. The Balaban J connectivity index is 1.72. The second-order valence-electron chi connectivity index (χ2n) is 5.57. The number of thiazole rings is 1. The van der Waals surface area contributed by atoms with E-state index >= 15 is 0 Å². The van der Waals surface area contributed by atoms with Crippen molar-refractivity contribution in [1.29, 1.82) is 0 Å². The zero-order chi connectivity index (χ0) is 17.1. The minimum absolute atomic E-state index is 0.211. The monoisotopic (exact) mass is 339 g/mol. The van der Waals surface area contributed by atoms with Gasteiger partial charge < -0.3 is 9.84 Å². The highest BCUT2D eigenvalue weighted by atomic mass is 32.1. The number of hydrogen-bond donors (Lipinski definition) is 1. The lowest BCUT2D eigenvalue weighted by Gasteiger charge is -2.05. The average Bonchev–Trinajstić information content (AvgIpc) is 3.02. The Bertz CT molecular complexity index is 886. The van der Waals surface area contributed by atoms with Crippen LogP contribution in [-0.2, 0) is 6.61 Å². The summed E-state index contributed by atoms with van der Waals surface area (Å²) in [6, 6.07) is 12.8. The van der Waals surface area contributed by atoms with Crippen molar-refractivity contribution in [3.05, 3.63) is 69.5 Å². The van der Waals surface area contributed by atoms with Crippen LogP contribution in [0.25, 0.3) is 11.3 Å². The molecule has 5 heteroatoms. The van der Waals surface area contributed by atoms with E-state index in [9.17, 15) is 4.79 Å². The maximum absolute atomic E-state index is 11.0. The van der Waals surface area contributed by atoms with Gasteiger partial charge in [0.25, 0.3) is 0 Å². The quantitative estimate of drug-likeness (QED) is 0.732. The van der Waals surface area contributed by atoms with Gasteiger partial charge in [0.2, 0.25) is 0 Å². The highest BCUT2D eigenvalue weighted by Crippen LogP contribution is 2.26. The Hall–Kier alpha value is -2.66. The van der Waals surface area contributed by atoms with Gasteiger partial charge in [0, 0.05) is 10.9 Å². The van der Waals surface area contributed by atoms with Crippen LogP contribution in [0.1, 0.15) is 26.5 Å². The van der Waals surface area contributed by atoms with Crippen LogP contribution in [0.15, 0.2) is 47.8 Å². The lowest BCUT2D eigenvalue weighted by molar-refractivity contribution is 0.0696. The SMILES string of the molecule is Cc1ccc(-c2csc(COc3cccc(C(=O)O)c3)n2)c(C)c1. The fourth-order valence-corrected chi connectivity index (χ4v) is 3.17. The number of aryl methyl sites for hydroxylation is 2. The average molecular weight is 339 g/mol. The lowest BCUT2D eigenvalue weighted by Crippen LogP contribution is -1.99. The molecule has 4 nitrogen and oxygen atoms in total. The van der Waals surface area contributed by atoms with Crippen LogP contribution in [0.4, 0.5) is 0 Å². The van der Waals surface area contributed by atoms with Crippen LogP contribution >= 0.6 is 11.3 Å². The third-order valence-electron chi connectivity index (χ3n) is 3.65. The van der Waals surface area contributed by atoms with Crippen molar-refractivity contribution in [1.82, 2.24) is 4.98 Å². The van der Waals surface area contributed by atoms with Crippen molar-refractivity contribution in [3.8, 4) is 17.0 Å². The van der Waals surface area contributed by atoms with Crippen molar-refractivity contribution in [2.75, 3.05) is 0 Å².